The van der Waals surface area contributed by atoms with Gasteiger partial charge < -0.3 is 10.1 Å². The van der Waals surface area contributed by atoms with Gasteiger partial charge in [0, 0.05) is 6.54 Å². The topological polar surface area (TPSA) is 38.3 Å². The van der Waals surface area contributed by atoms with Crippen molar-refractivity contribution in [2.24, 2.45) is 11.8 Å². The van der Waals surface area contributed by atoms with Gasteiger partial charge in [0.05, 0.1) is 13.0 Å². The second-order valence-electron chi connectivity index (χ2n) is 4.79. The van der Waals surface area contributed by atoms with Crippen LogP contribution in [-0.4, -0.2) is 26.2 Å². The predicted octanol–water partition coefficient (Wildman–Crippen LogP) is 2.36. The number of methoxy groups -OCH3 is 1. The molecule has 1 aliphatic rings. The molecule has 0 bridgehead atoms. The summed E-state index contributed by atoms with van der Waals surface area (Å²) in [7, 11) is 1.46. The maximum atomic E-state index is 11.4. The maximum absolute atomic E-state index is 11.4. The van der Waals surface area contributed by atoms with Crippen LogP contribution in [0.15, 0.2) is 0 Å². The van der Waals surface area contributed by atoms with Crippen molar-refractivity contribution in [2.45, 2.75) is 45.4 Å². The number of hydrogen-bond donors (Lipinski definition) is 1. The molecule has 1 atom stereocenters. The van der Waals surface area contributed by atoms with Gasteiger partial charge in [-0.2, -0.15) is 0 Å². The zero-order chi connectivity index (χ0) is 11.8. The van der Waals surface area contributed by atoms with Gasteiger partial charge in [-0.15, -0.1) is 0 Å². The highest BCUT2D eigenvalue weighted by Gasteiger charge is 2.18. The summed E-state index contributed by atoms with van der Waals surface area (Å²) in [6.45, 7) is 3.86. The number of hydrogen-bond acceptors (Lipinski definition) is 3. The number of ether oxygens (including phenoxy) is 1. The fourth-order valence-electron chi connectivity index (χ4n) is 2.41. The summed E-state index contributed by atoms with van der Waals surface area (Å²) in [4.78, 5) is 11.4. The summed E-state index contributed by atoms with van der Waals surface area (Å²) in [5.41, 5.74) is 0. The maximum Gasteiger partial charge on any atom is 0.309 e. The third-order valence-corrected chi connectivity index (χ3v) is 3.58. The van der Waals surface area contributed by atoms with Crippen LogP contribution in [0.4, 0.5) is 0 Å². The molecule has 1 N–H and O–H groups in total. The summed E-state index contributed by atoms with van der Waals surface area (Å²) < 4.78 is 4.77. The van der Waals surface area contributed by atoms with Crippen molar-refractivity contribution in [3.05, 3.63) is 0 Å². The standard InChI is InChI=1S/C13H25NO2/c1-3-12(13(15)16-2)10-14-9-11-7-5-4-6-8-11/h11-12,14H,3-10H2,1-2H3. The third kappa shape index (κ3) is 4.52. The third-order valence-electron chi connectivity index (χ3n) is 3.58. The molecule has 0 radical (unpaired) electrons. The number of nitrogens with one attached hydrogen (secondary N) is 1. The largest absolute Gasteiger partial charge is 0.469 e. The molecule has 0 aliphatic heterocycles. The van der Waals surface area contributed by atoms with E-state index in [4.69, 9.17) is 4.74 Å². The van der Waals surface area contributed by atoms with E-state index in [0.717, 1.165) is 25.4 Å². The van der Waals surface area contributed by atoms with Crippen LogP contribution in [0, 0.1) is 11.8 Å². The minimum Gasteiger partial charge on any atom is -0.469 e. The first-order chi connectivity index (χ1) is 7.77. The molecule has 0 aromatic rings. The molecule has 1 aliphatic carbocycles. The molecule has 0 heterocycles. The Morgan fingerprint density at radius 3 is 2.62 bits per heavy atom. The molecule has 1 rings (SSSR count). The number of carbonyl (C=O) groups is 1. The molecule has 0 aromatic heterocycles. The van der Waals surface area contributed by atoms with Crippen molar-refractivity contribution in [2.75, 3.05) is 20.2 Å². The second-order valence-corrected chi connectivity index (χ2v) is 4.79. The number of carbonyl (C=O) groups excluding carboxylic acids is 1. The highest BCUT2D eigenvalue weighted by molar-refractivity contribution is 5.72. The van der Waals surface area contributed by atoms with E-state index in [1.807, 2.05) is 6.92 Å². The zero-order valence-electron chi connectivity index (χ0n) is 10.6. The van der Waals surface area contributed by atoms with Crippen molar-refractivity contribution in [1.29, 1.82) is 0 Å². The van der Waals surface area contributed by atoms with Crippen molar-refractivity contribution < 1.29 is 9.53 Å². The molecule has 16 heavy (non-hydrogen) atoms. The van der Waals surface area contributed by atoms with Crippen LogP contribution in [0.25, 0.3) is 0 Å². The lowest BCUT2D eigenvalue weighted by atomic mass is 9.89. The molecule has 1 saturated carbocycles. The zero-order valence-corrected chi connectivity index (χ0v) is 10.6. The molecule has 1 fully saturated rings. The van der Waals surface area contributed by atoms with Gasteiger partial charge in [-0.05, 0) is 31.7 Å². The highest BCUT2D eigenvalue weighted by Crippen LogP contribution is 2.22. The van der Waals surface area contributed by atoms with Gasteiger partial charge in [-0.25, -0.2) is 0 Å². The van der Waals surface area contributed by atoms with Crippen LogP contribution < -0.4 is 5.32 Å². The minimum atomic E-state index is -0.0846. The van der Waals surface area contributed by atoms with Crippen molar-refractivity contribution in [3.8, 4) is 0 Å². The van der Waals surface area contributed by atoms with E-state index in [-0.39, 0.29) is 11.9 Å². The first-order valence-electron chi connectivity index (χ1n) is 6.56. The molecular weight excluding hydrogens is 202 g/mol. The van der Waals surface area contributed by atoms with Crippen LogP contribution in [0.2, 0.25) is 0 Å². The molecule has 0 saturated heterocycles. The lowest BCUT2D eigenvalue weighted by Crippen LogP contribution is -2.32. The molecule has 0 aromatic carbocycles. The van der Waals surface area contributed by atoms with E-state index in [0.29, 0.717) is 0 Å². The predicted molar refractivity (Wildman–Crippen MR) is 65.2 cm³/mol. The van der Waals surface area contributed by atoms with Crippen LogP contribution >= 0.6 is 0 Å². The van der Waals surface area contributed by atoms with Gasteiger partial charge in [-0.3, -0.25) is 4.79 Å². The normalized spacial score (nSPS) is 19.4. The average Bonchev–Trinajstić information content (AvgIpc) is 2.35. The van der Waals surface area contributed by atoms with Crippen molar-refractivity contribution in [3.63, 3.8) is 0 Å². The summed E-state index contributed by atoms with van der Waals surface area (Å²) in [6, 6.07) is 0. The van der Waals surface area contributed by atoms with E-state index in [9.17, 15) is 4.79 Å². The van der Waals surface area contributed by atoms with Crippen LogP contribution in [0.5, 0.6) is 0 Å². The van der Waals surface area contributed by atoms with Gasteiger partial charge in [0.15, 0.2) is 0 Å². The van der Waals surface area contributed by atoms with Gasteiger partial charge in [0.2, 0.25) is 0 Å². The SMILES string of the molecule is CCC(CNCC1CCCCC1)C(=O)OC. The van der Waals surface area contributed by atoms with E-state index >= 15 is 0 Å². The summed E-state index contributed by atoms with van der Waals surface area (Å²) in [5, 5.41) is 3.42. The Bertz CT molecular complexity index is 200. The second kappa shape index (κ2) is 7.66. The van der Waals surface area contributed by atoms with Gasteiger partial charge in [0.25, 0.3) is 0 Å². The molecule has 1 unspecified atom stereocenters. The Morgan fingerprint density at radius 1 is 1.38 bits per heavy atom. The van der Waals surface area contributed by atoms with E-state index in [1.54, 1.807) is 0 Å². The molecule has 94 valence electrons. The van der Waals surface area contributed by atoms with Crippen molar-refractivity contribution >= 4 is 5.97 Å². The Morgan fingerprint density at radius 2 is 2.06 bits per heavy atom. The molecule has 0 spiro atoms. The Kier molecular flexibility index (Phi) is 6.46. The quantitative estimate of drug-likeness (QED) is 0.708. The first kappa shape index (κ1) is 13.5. The number of rotatable bonds is 6. The smallest absolute Gasteiger partial charge is 0.309 e. The highest BCUT2D eigenvalue weighted by atomic mass is 16.5. The first-order valence-corrected chi connectivity index (χ1v) is 6.56. The Hall–Kier alpha value is -0.570. The van der Waals surface area contributed by atoms with Crippen molar-refractivity contribution in [1.82, 2.24) is 5.32 Å². The monoisotopic (exact) mass is 227 g/mol. The summed E-state index contributed by atoms with van der Waals surface area (Å²) in [5.74, 6) is 0.760. The molecular formula is C13H25NO2. The van der Waals surface area contributed by atoms with Gasteiger partial charge in [0.1, 0.15) is 0 Å². The Labute approximate surface area is 98.9 Å². The summed E-state index contributed by atoms with van der Waals surface area (Å²) in [6.07, 6.45) is 7.70. The molecule has 0 amide bonds. The minimum absolute atomic E-state index is 0.0218. The van der Waals surface area contributed by atoms with E-state index in [1.165, 1.54) is 39.2 Å². The number of esters is 1. The fourth-order valence-corrected chi connectivity index (χ4v) is 2.41. The van der Waals surface area contributed by atoms with Gasteiger partial charge >= 0.3 is 5.97 Å². The van der Waals surface area contributed by atoms with E-state index in [2.05, 4.69) is 5.32 Å². The van der Waals surface area contributed by atoms with Crippen LogP contribution in [-0.2, 0) is 9.53 Å². The lowest BCUT2D eigenvalue weighted by molar-refractivity contribution is -0.145. The van der Waals surface area contributed by atoms with Crippen LogP contribution in [0.1, 0.15) is 45.4 Å². The van der Waals surface area contributed by atoms with Gasteiger partial charge in [-0.1, -0.05) is 26.2 Å². The fraction of sp³-hybridized carbons (Fsp3) is 0.923. The molecule has 3 heteroatoms. The van der Waals surface area contributed by atoms with Crippen LogP contribution in [0.3, 0.4) is 0 Å². The lowest BCUT2D eigenvalue weighted by Gasteiger charge is -2.22. The van der Waals surface area contributed by atoms with E-state index < -0.39 is 0 Å². The Balaban J connectivity index is 2.14. The summed E-state index contributed by atoms with van der Waals surface area (Å²) >= 11 is 0. The average molecular weight is 227 g/mol. The molecule has 3 nitrogen and oxygen atoms in total.